The van der Waals surface area contributed by atoms with Crippen LogP contribution in [0.4, 0.5) is 0 Å². The Morgan fingerprint density at radius 3 is 2.86 bits per heavy atom. The first kappa shape index (κ1) is 12.2. The Bertz CT molecular complexity index is 252. The maximum Gasteiger partial charge on any atom is 0.0701 e. The van der Waals surface area contributed by atoms with Gasteiger partial charge in [0.2, 0.25) is 0 Å². The zero-order valence-electron chi connectivity index (χ0n) is 8.13. The number of aliphatic hydroxyl groups excluding tert-OH is 1. The highest BCUT2D eigenvalue weighted by Crippen LogP contribution is 2.20. The van der Waals surface area contributed by atoms with E-state index in [0.29, 0.717) is 6.61 Å². The second kappa shape index (κ2) is 7.40. The van der Waals surface area contributed by atoms with Crippen LogP contribution in [0.25, 0.3) is 0 Å². The van der Waals surface area contributed by atoms with Crippen LogP contribution < -0.4 is 5.32 Å². The molecule has 4 heteroatoms. The van der Waals surface area contributed by atoms with Gasteiger partial charge in [-0.05, 0) is 58.7 Å². The van der Waals surface area contributed by atoms with Crippen LogP contribution in [0.3, 0.4) is 0 Å². The maximum atomic E-state index is 8.58. The summed E-state index contributed by atoms with van der Waals surface area (Å²) in [5.41, 5.74) is 1.34. The zero-order valence-corrected chi connectivity index (χ0v) is 10.5. The first-order valence-corrected chi connectivity index (χ1v) is 6.54. The van der Waals surface area contributed by atoms with Crippen LogP contribution in [-0.2, 0) is 6.54 Å². The van der Waals surface area contributed by atoms with E-state index in [1.54, 1.807) is 11.3 Å². The molecule has 2 N–H and O–H groups in total. The molecule has 14 heavy (non-hydrogen) atoms. The minimum Gasteiger partial charge on any atom is -0.396 e. The summed E-state index contributed by atoms with van der Waals surface area (Å²) >= 11 is 5.16. The van der Waals surface area contributed by atoms with Gasteiger partial charge in [-0.1, -0.05) is 0 Å². The molecule has 0 fully saturated rings. The van der Waals surface area contributed by atoms with E-state index in [1.807, 2.05) is 0 Å². The lowest BCUT2D eigenvalue weighted by atomic mass is 10.2. The van der Waals surface area contributed by atoms with Gasteiger partial charge in [0.25, 0.3) is 0 Å². The SMILES string of the molecule is OCCCCCNCc1csc(Br)c1. The summed E-state index contributed by atoms with van der Waals surface area (Å²) in [6.45, 7) is 2.30. The third-order valence-electron chi connectivity index (χ3n) is 1.96. The fourth-order valence-electron chi connectivity index (χ4n) is 1.21. The van der Waals surface area contributed by atoms with E-state index in [4.69, 9.17) is 5.11 Å². The van der Waals surface area contributed by atoms with Crippen molar-refractivity contribution in [2.75, 3.05) is 13.2 Å². The third kappa shape index (κ3) is 5.10. The van der Waals surface area contributed by atoms with Gasteiger partial charge in [0.15, 0.2) is 0 Å². The minimum absolute atomic E-state index is 0.317. The standard InChI is InChI=1S/C10H16BrNOS/c11-10-6-9(8-14-10)7-12-4-2-1-3-5-13/h6,8,12-13H,1-5,7H2. The summed E-state index contributed by atoms with van der Waals surface area (Å²) in [6, 6.07) is 2.14. The average molecular weight is 278 g/mol. The van der Waals surface area contributed by atoms with E-state index in [2.05, 4.69) is 32.7 Å². The summed E-state index contributed by atoms with van der Waals surface area (Å²) in [4.78, 5) is 0. The molecular formula is C10H16BrNOS. The Morgan fingerprint density at radius 2 is 2.21 bits per heavy atom. The minimum atomic E-state index is 0.317. The molecule has 1 aromatic rings. The Kier molecular flexibility index (Phi) is 6.43. The lowest BCUT2D eigenvalue weighted by molar-refractivity contribution is 0.283. The second-order valence-corrected chi connectivity index (χ2v) is 5.51. The van der Waals surface area contributed by atoms with E-state index >= 15 is 0 Å². The van der Waals surface area contributed by atoms with Crippen LogP contribution in [0, 0.1) is 0 Å². The quantitative estimate of drug-likeness (QED) is 0.752. The van der Waals surface area contributed by atoms with Crippen molar-refractivity contribution < 1.29 is 5.11 Å². The fraction of sp³-hybridized carbons (Fsp3) is 0.600. The van der Waals surface area contributed by atoms with Gasteiger partial charge < -0.3 is 10.4 Å². The third-order valence-corrected chi connectivity index (χ3v) is 3.52. The molecule has 0 radical (unpaired) electrons. The molecule has 0 bridgehead atoms. The van der Waals surface area contributed by atoms with Gasteiger partial charge >= 0.3 is 0 Å². The van der Waals surface area contributed by atoms with Crippen molar-refractivity contribution in [3.8, 4) is 0 Å². The molecule has 0 saturated carbocycles. The van der Waals surface area contributed by atoms with E-state index in [-0.39, 0.29) is 0 Å². The number of unbranched alkanes of at least 4 members (excludes halogenated alkanes) is 2. The molecule has 0 aliphatic heterocycles. The smallest absolute Gasteiger partial charge is 0.0701 e. The van der Waals surface area contributed by atoms with Crippen LogP contribution in [0.5, 0.6) is 0 Å². The predicted octanol–water partition coefficient (Wildman–Crippen LogP) is 2.76. The normalized spacial score (nSPS) is 10.7. The highest BCUT2D eigenvalue weighted by molar-refractivity contribution is 9.11. The number of hydrogen-bond acceptors (Lipinski definition) is 3. The largest absolute Gasteiger partial charge is 0.396 e. The van der Waals surface area contributed by atoms with Crippen LogP contribution in [0.2, 0.25) is 0 Å². The first-order chi connectivity index (χ1) is 6.83. The predicted molar refractivity (Wildman–Crippen MR) is 64.7 cm³/mol. The average Bonchev–Trinajstić information content (AvgIpc) is 2.58. The van der Waals surface area contributed by atoms with Gasteiger partial charge in [0.05, 0.1) is 3.79 Å². The number of nitrogens with one attached hydrogen (secondary N) is 1. The van der Waals surface area contributed by atoms with Crippen molar-refractivity contribution in [1.29, 1.82) is 0 Å². The molecule has 0 atom stereocenters. The summed E-state index contributed by atoms with van der Waals surface area (Å²) in [5, 5.41) is 14.1. The Labute approximate surface area is 97.5 Å². The van der Waals surface area contributed by atoms with E-state index in [0.717, 1.165) is 32.4 Å². The molecule has 1 rings (SSSR count). The van der Waals surface area contributed by atoms with Crippen LogP contribution >= 0.6 is 27.3 Å². The molecule has 0 saturated heterocycles. The van der Waals surface area contributed by atoms with Crippen LogP contribution in [0.1, 0.15) is 24.8 Å². The van der Waals surface area contributed by atoms with E-state index in [1.165, 1.54) is 9.35 Å². The van der Waals surface area contributed by atoms with Gasteiger partial charge in [-0.15, -0.1) is 11.3 Å². The monoisotopic (exact) mass is 277 g/mol. The van der Waals surface area contributed by atoms with Crippen molar-refractivity contribution in [1.82, 2.24) is 5.32 Å². The van der Waals surface area contributed by atoms with Gasteiger partial charge in [-0.2, -0.15) is 0 Å². The number of rotatable bonds is 7. The van der Waals surface area contributed by atoms with Crippen LogP contribution in [0.15, 0.2) is 15.2 Å². The molecule has 2 nitrogen and oxygen atoms in total. The molecule has 0 aliphatic rings. The summed E-state index contributed by atoms with van der Waals surface area (Å²) in [7, 11) is 0. The van der Waals surface area contributed by atoms with Crippen LogP contribution in [-0.4, -0.2) is 18.3 Å². The molecule has 1 heterocycles. The molecule has 0 unspecified atom stereocenters. The summed E-state index contributed by atoms with van der Waals surface area (Å²) in [5.74, 6) is 0. The van der Waals surface area contributed by atoms with Crippen molar-refractivity contribution >= 4 is 27.3 Å². The van der Waals surface area contributed by atoms with Gasteiger partial charge in [0.1, 0.15) is 0 Å². The fourth-order valence-corrected chi connectivity index (χ4v) is 2.42. The van der Waals surface area contributed by atoms with E-state index < -0.39 is 0 Å². The molecule has 0 aliphatic carbocycles. The molecular weight excluding hydrogens is 262 g/mol. The first-order valence-electron chi connectivity index (χ1n) is 4.87. The van der Waals surface area contributed by atoms with Crippen molar-refractivity contribution in [3.05, 3.63) is 20.8 Å². The van der Waals surface area contributed by atoms with Gasteiger partial charge in [-0.25, -0.2) is 0 Å². The second-order valence-electron chi connectivity index (χ2n) is 3.22. The Hall–Kier alpha value is 0.100. The lowest BCUT2D eigenvalue weighted by Gasteiger charge is -2.02. The van der Waals surface area contributed by atoms with Crippen molar-refractivity contribution in [3.63, 3.8) is 0 Å². The van der Waals surface area contributed by atoms with Crippen molar-refractivity contribution in [2.24, 2.45) is 0 Å². The maximum absolute atomic E-state index is 8.58. The highest BCUT2D eigenvalue weighted by atomic mass is 79.9. The molecule has 0 aromatic carbocycles. The number of thiophene rings is 1. The summed E-state index contributed by atoms with van der Waals surface area (Å²) < 4.78 is 1.19. The van der Waals surface area contributed by atoms with Gasteiger partial charge in [0, 0.05) is 13.2 Å². The Morgan fingerprint density at radius 1 is 1.36 bits per heavy atom. The van der Waals surface area contributed by atoms with Gasteiger partial charge in [-0.3, -0.25) is 0 Å². The van der Waals surface area contributed by atoms with E-state index in [9.17, 15) is 0 Å². The lowest BCUT2D eigenvalue weighted by Crippen LogP contribution is -2.14. The molecule has 0 spiro atoms. The number of aliphatic hydroxyl groups is 1. The highest BCUT2D eigenvalue weighted by Gasteiger charge is 1.96. The number of hydrogen-bond donors (Lipinski definition) is 2. The Balaban J connectivity index is 1.99. The molecule has 80 valence electrons. The number of halogens is 1. The zero-order chi connectivity index (χ0) is 10.2. The molecule has 1 aromatic heterocycles. The summed E-state index contributed by atoms with van der Waals surface area (Å²) in [6.07, 6.45) is 3.17. The molecule has 0 amide bonds. The topological polar surface area (TPSA) is 32.3 Å². The van der Waals surface area contributed by atoms with Crippen molar-refractivity contribution in [2.45, 2.75) is 25.8 Å².